The molecule has 0 aromatic rings. The monoisotopic (exact) mass is 113 g/mol. The maximum Gasteiger partial charge on any atom is 0.337 e. The van der Waals surface area contributed by atoms with Crippen LogP contribution in [0, 0.1) is 4.91 Å². The molecule has 0 rings (SSSR count). The number of carbonyl (C=O) groups excluding carboxylic acids is 1. The highest BCUT2D eigenvalue weighted by Gasteiger charge is 1.94. The predicted molar refractivity (Wildman–Crippen MR) is 28.4 cm³/mol. The Morgan fingerprint density at radius 2 is 2.50 bits per heavy atom. The van der Waals surface area contributed by atoms with Gasteiger partial charge in [-0.3, -0.25) is 4.79 Å². The van der Waals surface area contributed by atoms with Crippen LogP contribution in [0.3, 0.4) is 0 Å². The fraction of sp³-hybridized carbons (Fsp3) is 0.250. The molecule has 0 bridgehead atoms. The van der Waals surface area contributed by atoms with Crippen molar-refractivity contribution < 1.29 is 4.79 Å². The van der Waals surface area contributed by atoms with E-state index in [9.17, 15) is 9.70 Å². The van der Waals surface area contributed by atoms with Crippen LogP contribution in [0.15, 0.2) is 17.9 Å². The second-order valence-corrected chi connectivity index (χ2v) is 1.04. The van der Waals surface area contributed by atoms with Gasteiger partial charge in [0.2, 0.25) is 0 Å². The second kappa shape index (κ2) is 3.98. The zero-order valence-electron chi connectivity index (χ0n) is 4.20. The molecule has 0 aliphatic carbocycles. The van der Waals surface area contributed by atoms with Crippen LogP contribution in [0.1, 0.15) is 0 Å². The third kappa shape index (κ3) is 2.07. The van der Waals surface area contributed by atoms with Gasteiger partial charge in [-0.05, 0) is 0 Å². The lowest BCUT2D eigenvalue weighted by atomic mass is 10.6. The standard InChI is InChI=1S/C4H5N2O2/c1-2-3-6(4-7)5-8/h2H,1,3H2. The van der Waals surface area contributed by atoms with Crippen molar-refractivity contribution in [3.8, 4) is 0 Å². The summed E-state index contributed by atoms with van der Waals surface area (Å²) in [5.74, 6) is 0. The number of nitrogens with zero attached hydrogens (tertiary/aromatic N) is 2. The van der Waals surface area contributed by atoms with E-state index in [0.29, 0.717) is 5.01 Å². The largest absolute Gasteiger partial charge is 0.337 e. The molecule has 4 nitrogen and oxygen atoms in total. The van der Waals surface area contributed by atoms with Crippen molar-refractivity contribution in [1.29, 1.82) is 0 Å². The molecule has 0 aliphatic rings. The van der Waals surface area contributed by atoms with Crippen molar-refractivity contribution >= 4 is 6.41 Å². The molecule has 1 radical (unpaired) electrons. The minimum atomic E-state index is 0.118. The van der Waals surface area contributed by atoms with Gasteiger partial charge in [-0.25, -0.2) is 0 Å². The molecule has 0 saturated carbocycles. The van der Waals surface area contributed by atoms with Gasteiger partial charge in [0.1, 0.15) is 0 Å². The Morgan fingerprint density at radius 1 is 1.88 bits per heavy atom. The molecule has 0 saturated heterocycles. The van der Waals surface area contributed by atoms with E-state index in [2.05, 4.69) is 11.9 Å². The van der Waals surface area contributed by atoms with Crippen molar-refractivity contribution in [2.75, 3.05) is 6.54 Å². The zero-order chi connectivity index (χ0) is 6.41. The van der Waals surface area contributed by atoms with E-state index >= 15 is 0 Å². The molecule has 0 aromatic heterocycles. The lowest BCUT2D eigenvalue weighted by Crippen LogP contribution is -2.12. The smallest absolute Gasteiger partial charge is 0.261 e. The van der Waals surface area contributed by atoms with E-state index in [1.165, 1.54) is 12.5 Å². The molecular formula is C4H5N2O2. The van der Waals surface area contributed by atoms with E-state index in [0.717, 1.165) is 0 Å². The first-order valence-corrected chi connectivity index (χ1v) is 1.94. The average molecular weight is 113 g/mol. The molecule has 0 atom stereocenters. The first-order valence-electron chi connectivity index (χ1n) is 1.94. The van der Waals surface area contributed by atoms with Crippen molar-refractivity contribution in [2.24, 2.45) is 5.29 Å². The van der Waals surface area contributed by atoms with Crippen LogP contribution in [0.5, 0.6) is 0 Å². The van der Waals surface area contributed by atoms with Crippen LogP contribution >= 0.6 is 0 Å². The second-order valence-electron chi connectivity index (χ2n) is 1.04. The van der Waals surface area contributed by atoms with E-state index in [1.54, 1.807) is 0 Å². The molecule has 0 spiro atoms. The van der Waals surface area contributed by atoms with Crippen molar-refractivity contribution in [2.45, 2.75) is 0 Å². The normalized spacial score (nSPS) is 7.50. The lowest BCUT2D eigenvalue weighted by molar-refractivity contribution is 0.422. The van der Waals surface area contributed by atoms with Gasteiger partial charge in [-0.1, -0.05) is 6.08 Å². The van der Waals surface area contributed by atoms with E-state index in [-0.39, 0.29) is 6.54 Å². The molecule has 0 unspecified atom stereocenters. The van der Waals surface area contributed by atoms with Crippen LogP contribution in [0.25, 0.3) is 0 Å². The summed E-state index contributed by atoms with van der Waals surface area (Å²) >= 11 is 0. The molecule has 0 heterocycles. The first-order chi connectivity index (χ1) is 3.85. The van der Waals surface area contributed by atoms with Gasteiger partial charge in [0, 0.05) is 0 Å². The van der Waals surface area contributed by atoms with Crippen LogP contribution < -0.4 is 0 Å². The summed E-state index contributed by atoms with van der Waals surface area (Å²) < 4.78 is 0. The number of hydrogen-bond donors (Lipinski definition) is 0. The Bertz CT molecular complexity index is 94.2. The van der Waals surface area contributed by atoms with Gasteiger partial charge in [0.05, 0.1) is 11.8 Å². The van der Waals surface area contributed by atoms with Gasteiger partial charge in [-0.15, -0.1) is 11.5 Å². The molecule has 1 amide bonds. The Labute approximate surface area is 46.7 Å². The quantitative estimate of drug-likeness (QED) is 0.226. The maximum atomic E-state index is 9.59. The van der Waals surface area contributed by atoms with Gasteiger partial charge < -0.3 is 0 Å². The molecule has 0 aliphatic heterocycles. The van der Waals surface area contributed by atoms with Crippen LogP contribution in [-0.2, 0) is 4.79 Å². The number of amides is 1. The summed E-state index contributed by atoms with van der Waals surface area (Å²) in [5, 5.41) is 2.86. The first kappa shape index (κ1) is 6.81. The Kier molecular flexibility index (Phi) is 3.39. The maximum absolute atomic E-state index is 9.59. The molecule has 4 heteroatoms. The van der Waals surface area contributed by atoms with Crippen LogP contribution in [0.4, 0.5) is 0 Å². The predicted octanol–water partition coefficient (Wildman–Crippen LogP) is 0.223. The topological polar surface area (TPSA) is 49.7 Å². The van der Waals surface area contributed by atoms with Gasteiger partial charge >= 0.3 is 6.41 Å². The summed E-state index contributed by atoms with van der Waals surface area (Å²) in [6, 6.07) is 0. The van der Waals surface area contributed by atoms with Crippen LogP contribution in [0.2, 0.25) is 0 Å². The summed E-state index contributed by atoms with van der Waals surface area (Å²) in [7, 11) is 0. The fourth-order valence-electron chi connectivity index (χ4n) is 0.210. The number of nitroso groups, excluding NO2 is 1. The molecule has 8 heavy (non-hydrogen) atoms. The zero-order valence-corrected chi connectivity index (χ0v) is 4.20. The summed E-state index contributed by atoms with van der Waals surface area (Å²) in [6.07, 6.45) is 2.67. The molecule has 0 fully saturated rings. The molecular weight excluding hydrogens is 108 g/mol. The van der Waals surface area contributed by atoms with E-state index in [4.69, 9.17) is 0 Å². The Balaban J connectivity index is 3.50. The highest BCUT2D eigenvalue weighted by Crippen LogP contribution is 1.80. The summed E-state index contributed by atoms with van der Waals surface area (Å²) in [5.41, 5.74) is 0. The molecule has 0 aromatic carbocycles. The van der Waals surface area contributed by atoms with Gasteiger partial charge in [0.25, 0.3) is 0 Å². The number of rotatable bonds is 4. The van der Waals surface area contributed by atoms with Crippen molar-refractivity contribution in [3.05, 3.63) is 17.6 Å². The number of hydrogen-bond acceptors (Lipinski definition) is 3. The van der Waals surface area contributed by atoms with Gasteiger partial charge in [0.15, 0.2) is 0 Å². The lowest BCUT2D eigenvalue weighted by Gasteiger charge is -1.96. The van der Waals surface area contributed by atoms with E-state index in [1.807, 2.05) is 0 Å². The SMILES string of the molecule is C=CCN([C]=O)N=O. The average Bonchev–Trinajstić information content (AvgIpc) is 1.83. The molecule has 43 valence electrons. The van der Waals surface area contributed by atoms with E-state index < -0.39 is 0 Å². The Morgan fingerprint density at radius 3 is 2.62 bits per heavy atom. The minimum absolute atomic E-state index is 0.118. The third-order valence-electron chi connectivity index (χ3n) is 0.506. The van der Waals surface area contributed by atoms with Crippen LogP contribution in [-0.4, -0.2) is 18.0 Å². The summed E-state index contributed by atoms with van der Waals surface area (Å²) in [4.78, 5) is 19.1. The van der Waals surface area contributed by atoms with Gasteiger partial charge in [-0.2, -0.15) is 5.01 Å². The molecule has 0 N–H and O–H groups in total. The third-order valence-corrected chi connectivity index (χ3v) is 0.506. The van der Waals surface area contributed by atoms with Crippen molar-refractivity contribution in [1.82, 2.24) is 5.01 Å². The fourth-order valence-corrected chi connectivity index (χ4v) is 0.210. The highest BCUT2D eigenvalue weighted by atomic mass is 16.3. The minimum Gasteiger partial charge on any atom is -0.261 e. The van der Waals surface area contributed by atoms with Crippen molar-refractivity contribution in [3.63, 3.8) is 0 Å². The highest BCUT2D eigenvalue weighted by molar-refractivity contribution is 5.47. The summed E-state index contributed by atoms with van der Waals surface area (Å²) in [6.45, 7) is 3.39. The Hall–Kier alpha value is -1.19.